The van der Waals surface area contributed by atoms with Crippen LogP contribution in [0.25, 0.3) is 0 Å². The van der Waals surface area contributed by atoms with E-state index in [2.05, 4.69) is 18.5 Å². The normalized spacial score (nSPS) is 13.8. The molecular formula is C4H13NO3P2. The molecule has 0 aromatic rings. The molecule has 0 aliphatic rings. The fourth-order valence-electron chi connectivity index (χ4n) is 0.407. The average Bonchev–Trinajstić information content (AvgIpc) is 1.61. The van der Waals surface area contributed by atoms with Crippen LogP contribution in [0.1, 0.15) is 6.42 Å². The molecule has 0 rings (SSSR count). The second-order valence-electron chi connectivity index (χ2n) is 2.21. The maximum absolute atomic E-state index is 8.69. The minimum atomic E-state index is -2.71. The summed E-state index contributed by atoms with van der Waals surface area (Å²) >= 11 is 0. The summed E-state index contributed by atoms with van der Waals surface area (Å²) in [5.41, 5.74) is 5.15. The van der Waals surface area contributed by atoms with Crippen LogP contribution in [0.2, 0.25) is 0 Å². The van der Waals surface area contributed by atoms with Crippen molar-refractivity contribution in [3.63, 3.8) is 0 Å². The standard InChI is InChI=1S/C4H13NO3P2/c5-2-1-3(9,10)4(6,7)8/h6-8H,1-2,5,9-10H2. The van der Waals surface area contributed by atoms with Crippen molar-refractivity contribution in [3.05, 3.63) is 0 Å². The van der Waals surface area contributed by atoms with Crippen molar-refractivity contribution in [3.8, 4) is 0 Å². The molecule has 0 bridgehead atoms. The molecule has 5 N–H and O–H groups in total. The van der Waals surface area contributed by atoms with Gasteiger partial charge in [0.15, 0.2) is 0 Å². The second-order valence-corrected chi connectivity index (χ2v) is 4.94. The van der Waals surface area contributed by atoms with Gasteiger partial charge in [-0.25, -0.2) is 0 Å². The van der Waals surface area contributed by atoms with Gasteiger partial charge < -0.3 is 21.1 Å². The Bertz CT molecular complexity index is 112. The number of aliphatic hydroxyl groups is 3. The molecular weight excluding hydrogens is 172 g/mol. The number of nitrogens with two attached hydrogens (primary N) is 1. The van der Waals surface area contributed by atoms with Crippen LogP contribution in [0, 0.1) is 0 Å². The maximum Gasteiger partial charge on any atom is 0.288 e. The van der Waals surface area contributed by atoms with Crippen LogP contribution in [0.3, 0.4) is 0 Å². The first-order valence-corrected chi connectivity index (χ1v) is 3.91. The Balaban J connectivity index is 4.10. The number of hydrogen-bond acceptors (Lipinski definition) is 4. The first-order chi connectivity index (χ1) is 4.31. The minimum absolute atomic E-state index is 0.274. The quantitative estimate of drug-likeness (QED) is 0.315. The molecule has 0 radical (unpaired) electrons. The van der Waals surface area contributed by atoms with Crippen LogP contribution in [0.5, 0.6) is 0 Å². The fourth-order valence-corrected chi connectivity index (χ4v) is 0.740. The predicted octanol–water partition coefficient (Wildman–Crippen LogP) is -1.59. The van der Waals surface area contributed by atoms with Crippen LogP contribution < -0.4 is 5.73 Å². The fraction of sp³-hybridized carbons (Fsp3) is 1.00. The van der Waals surface area contributed by atoms with E-state index in [4.69, 9.17) is 21.1 Å². The van der Waals surface area contributed by atoms with Gasteiger partial charge in [0.2, 0.25) is 0 Å². The lowest BCUT2D eigenvalue weighted by Gasteiger charge is -2.32. The number of hydrogen-bond donors (Lipinski definition) is 4. The molecule has 0 aliphatic heterocycles. The Hall–Kier alpha value is 0.700. The highest BCUT2D eigenvalue weighted by Crippen LogP contribution is 2.37. The van der Waals surface area contributed by atoms with Gasteiger partial charge in [-0.3, -0.25) is 0 Å². The highest BCUT2D eigenvalue weighted by atomic mass is 31.1. The lowest BCUT2D eigenvalue weighted by atomic mass is 10.2. The van der Waals surface area contributed by atoms with Crippen molar-refractivity contribution < 1.29 is 15.3 Å². The summed E-state index contributed by atoms with van der Waals surface area (Å²) in [4.78, 5) is -1.14. The topological polar surface area (TPSA) is 86.7 Å². The summed E-state index contributed by atoms with van der Waals surface area (Å²) < 4.78 is 0. The average molecular weight is 185 g/mol. The van der Waals surface area contributed by atoms with E-state index in [1.807, 2.05) is 0 Å². The Morgan fingerprint density at radius 1 is 1.20 bits per heavy atom. The van der Waals surface area contributed by atoms with E-state index in [-0.39, 0.29) is 13.0 Å². The summed E-state index contributed by atoms with van der Waals surface area (Å²) in [6.07, 6.45) is 0.284. The van der Waals surface area contributed by atoms with Crippen LogP contribution in [-0.4, -0.2) is 32.7 Å². The molecule has 0 aromatic heterocycles. The van der Waals surface area contributed by atoms with Gasteiger partial charge in [-0.05, 0) is 13.0 Å². The molecule has 62 valence electrons. The van der Waals surface area contributed by atoms with Crippen molar-refractivity contribution in [1.82, 2.24) is 0 Å². The van der Waals surface area contributed by atoms with Gasteiger partial charge in [0, 0.05) is 0 Å². The Kier molecular flexibility index (Phi) is 3.64. The minimum Gasteiger partial charge on any atom is -0.343 e. The zero-order chi connectivity index (χ0) is 8.41. The molecule has 0 aromatic carbocycles. The SMILES string of the molecule is NCCC(P)(P)C(O)(O)O. The first-order valence-electron chi connectivity index (χ1n) is 2.76. The first kappa shape index (κ1) is 10.7. The van der Waals surface area contributed by atoms with Crippen LogP contribution in [0.15, 0.2) is 0 Å². The van der Waals surface area contributed by atoms with Gasteiger partial charge in [-0.1, -0.05) is 0 Å². The molecule has 0 fully saturated rings. The summed E-state index contributed by atoms with van der Waals surface area (Å²) in [6, 6.07) is 0. The van der Waals surface area contributed by atoms with E-state index in [1.54, 1.807) is 0 Å². The van der Waals surface area contributed by atoms with Crippen molar-refractivity contribution in [2.45, 2.75) is 17.3 Å². The molecule has 0 heterocycles. The zero-order valence-electron chi connectivity index (χ0n) is 5.49. The molecule has 2 atom stereocenters. The molecule has 6 heteroatoms. The smallest absolute Gasteiger partial charge is 0.288 e. The molecule has 2 unspecified atom stereocenters. The van der Waals surface area contributed by atoms with Gasteiger partial charge in [0.1, 0.15) is 0 Å². The second kappa shape index (κ2) is 3.40. The predicted molar refractivity (Wildman–Crippen MR) is 45.2 cm³/mol. The molecule has 0 spiro atoms. The lowest BCUT2D eigenvalue weighted by molar-refractivity contribution is -0.317. The summed E-state index contributed by atoms with van der Waals surface area (Å²) in [5.74, 6) is -2.71. The Morgan fingerprint density at radius 3 is 1.70 bits per heavy atom. The monoisotopic (exact) mass is 185 g/mol. The van der Waals surface area contributed by atoms with Gasteiger partial charge in [0.05, 0.1) is 4.90 Å². The summed E-state index contributed by atoms with van der Waals surface area (Å²) in [7, 11) is 4.23. The molecule has 4 nitrogen and oxygen atoms in total. The highest BCUT2D eigenvalue weighted by molar-refractivity contribution is 7.40. The van der Waals surface area contributed by atoms with Gasteiger partial charge in [-0.15, -0.1) is 18.5 Å². The Labute approximate surface area is 64.2 Å². The number of rotatable bonds is 3. The van der Waals surface area contributed by atoms with Crippen molar-refractivity contribution >= 4 is 18.5 Å². The van der Waals surface area contributed by atoms with E-state index in [9.17, 15) is 0 Å². The van der Waals surface area contributed by atoms with Gasteiger partial charge >= 0.3 is 0 Å². The third-order valence-corrected chi connectivity index (χ3v) is 2.53. The van der Waals surface area contributed by atoms with E-state index < -0.39 is 10.9 Å². The third kappa shape index (κ3) is 2.75. The van der Waals surface area contributed by atoms with Crippen molar-refractivity contribution in [2.24, 2.45) is 5.73 Å². The molecule has 0 amide bonds. The molecule has 0 aliphatic carbocycles. The van der Waals surface area contributed by atoms with E-state index in [0.717, 1.165) is 0 Å². The Morgan fingerprint density at radius 2 is 1.60 bits per heavy atom. The van der Waals surface area contributed by atoms with E-state index in [1.165, 1.54) is 0 Å². The molecule has 10 heavy (non-hydrogen) atoms. The summed E-state index contributed by atoms with van der Waals surface area (Å²) in [5, 5.41) is 26.1. The molecule has 0 saturated carbocycles. The van der Waals surface area contributed by atoms with E-state index >= 15 is 0 Å². The summed E-state index contributed by atoms with van der Waals surface area (Å²) in [6.45, 7) is 0.274. The largest absolute Gasteiger partial charge is 0.343 e. The molecule has 0 saturated heterocycles. The third-order valence-electron chi connectivity index (χ3n) is 1.18. The van der Waals surface area contributed by atoms with Crippen LogP contribution in [-0.2, 0) is 0 Å². The van der Waals surface area contributed by atoms with Gasteiger partial charge in [-0.2, -0.15) is 0 Å². The highest BCUT2D eigenvalue weighted by Gasteiger charge is 2.40. The van der Waals surface area contributed by atoms with Crippen LogP contribution in [0.4, 0.5) is 0 Å². The van der Waals surface area contributed by atoms with Crippen molar-refractivity contribution in [2.75, 3.05) is 6.54 Å². The van der Waals surface area contributed by atoms with Crippen LogP contribution >= 0.6 is 18.5 Å². The zero-order valence-corrected chi connectivity index (χ0v) is 7.80. The van der Waals surface area contributed by atoms with E-state index in [0.29, 0.717) is 0 Å². The van der Waals surface area contributed by atoms with Crippen molar-refractivity contribution in [1.29, 1.82) is 0 Å². The van der Waals surface area contributed by atoms with Gasteiger partial charge in [0.25, 0.3) is 5.97 Å². The maximum atomic E-state index is 8.69. The lowest BCUT2D eigenvalue weighted by Crippen LogP contribution is -2.46.